The van der Waals surface area contributed by atoms with Crippen LogP contribution in [0.4, 0.5) is 5.95 Å². The van der Waals surface area contributed by atoms with E-state index in [1.807, 2.05) is 0 Å². The number of rotatable bonds is 5. The minimum atomic E-state index is -3.86. The molecule has 112 valence electrons. The van der Waals surface area contributed by atoms with Gasteiger partial charge in [0.15, 0.2) is 5.03 Å². The van der Waals surface area contributed by atoms with Crippen molar-refractivity contribution in [1.29, 1.82) is 0 Å². The molecule has 8 nitrogen and oxygen atoms in total. The van der Waals surface area contributed by atoms with Gasteiger partial charge in [-0.15, -0.1) is 0 Å². The predicted molar refractivity (Wildman–Crippen MR) is 76.3 cm³/mol. The van der Waals surface area contributed by atoms with Crippen molar-refractivity contribution in [2.24, 2.45) is 5.73 Å². The van der Waals surface area contributed by atoms with Crippen molar-refractivity contribution in [3.05, 3.63) is 35.7 Å². The molecule has 0 aliphatic rings. The van der Waals surface area contributed by atoms with Crippen LogP contribution in [0.2, 0.25) is 0 Å². The molecule has 9 heteroatoms. The van der Waals surface area contributed by atoms with Crippen molar-refractivity contribution in [2.45, 2.75) is 18.5 Å². The quantitative estimate of drug-likeness (QED) is 0.822. The molecule has 2 aromatic heterocycles. The largest absolute Gasteiger partial charge is 0.481 e. The molecule has 0 saturated heterocycles. The molecule has 0 bridgehead atoms. The molecular formula is C12H15N5O3S. The summed E-state index contributed by atoms with van der Waals surface area (Å²) in [6.07, 6.45) is 1.41. The summed E-state index contributed by atoms with van der Waals surface area (Å²) >= 11 is 0. The molecule has 0 amide bonds. The van der Waals surface area contributed by atoms with Crippen LogP contribution in [-0.4, -0.2) is 30.5 Å². The van der Waals surface area contributed by atoms with E-state index < -0.39 is 10.0 Å². The van der Waals surface area contributed by atoms with E-state index in [-0.39, 0.29) is 16.9 Å². The summed E-state index contributed by atoms with van der Waals surface area (Å²) in [4.78, 5) is 11.8. The van der Waals surface area contributed by atoms with Crippen molar-refractivity contribution < 1.29 is 13.2 Å². The summed E-state index contributed by atoms with van der Waals surface area (Å²) in [5, 5.41) is -0.135. The second kappa shape index (κ2) is 6.02. The lowest BCUT2D eigenvalue weighted by atomic mass is 10.3. The molecule has 0 aliphatic carbocycles. The molecule has 2 heterocycles. The van der Waals surface area contributed by atoms with Crippen LogP contribution >= 0.6 is 0 Å². The van der Waals surface area contributed by atoms with Crippen LogP contribution in [0, 0.1) is 6.92 Å². The molecule has 0 radical (unpaired) electrons. The van der Waals surface area contributed by atoms with Crippen LogP contribution in [-0.2, 0) is 16.6 Å². The van der Waals surface area contributed by atoms with Crippen LogP contribution in [0.25, 0.3) is 0 Å². The third-order valence-corrected chi connectivity index (χ3v) is 3.82. The van der Waals surface area contributed by atoms with Crippen LogP contribution < -0.4 is 15.2 Å². The zero-order chi connectivity index (χ0) is 15.5. The van der Waals surface area contributed by atoms with Gasteiger partial charge in [0, 0.05) is 24.5 Å². The van der Waals surface area contributed by atoms with E-state index in [0.717, 1.165) is 5.56 Å². The fraction of sp³-hybridized carbons (Fsp3) is 0.250. The second-order valence-corrected chi connectivity index (χ2v) is 5.82. The van der Waals surface area contributed by atoms with Gasteiger partial charge in [-0.25, -0.2) is 14.7 Å². The molecule has 0 aliphatic heterocycles. The van der Waals surface area contributed by atoms with Gasteiger partial charge in [0.25, 0.3) is 10.0 Å². The van der Waals surface area contributed by atoms with Crippen molar-refractivity contribution in [3.8, 4) is 5.88 Å². The zero-order valence-corrected chi connectivity index (χ0v) is 12.4. The van der Waals surface area contributed by atoms with Crippen molar-refractivity contribution in [1.82, 2.24) is 15.0 Å². The molecule has 0 fully saturated rings. The first kappa shape index (κ1) is 15.1. The van der Waals surface area contributed by atoms with Gasteiger partial charge in [-0.2, -0.15) is 13.4 Å². The van der Waals surface area contributed by atoms with Crippen molar-refractivity contribution in [2.75, 3.05) is 11.8 Å². The lowest BCUT2D eigenvalue weighted by Crippen LogP contribution is -2.17. The number of aryl methyl sites for hydroxylation is 1. The fourth-order valence-electron chi connectivity index (χ4n) is 1.55. The third kappa shape index (κ3) is 3.64. The first-order valence-electron chi connectivity index (χ1n) is 6.02. The molecule has 21 heavy (non-hydrogen) atoms. The highest BCUT2D eigenvalue weighted by Gasteiger charge is 2.18. The molecule has 2 aromatic rings. The highest BCUT2D eigenvalue weighted by molar-refractivity contribution is 7.92. The number of ether oxygens (including phenoxy) is 1. The summed E-state index contributed by atoms with van der Waals surface area (Å²) in [6.45, 7) is 2.00. The number of aromatic nitrogens is 3. The number of hydrogen-bond donors (Lipinski definition) is 2. The van der Waals surface area contributed by atoms with Gasteiger partial charge in [-0.05, 0) is 18.6 Å². The third-order valence-electron chi connectivity index (χ3n) is 2.57. The molecular weight excluding hydrogens is 294 g/mol. The Hall–Kier alpha value is -2.26. The minimum Gasteiger partial charge on any atom is -0.481 e. The fourth-order valence-corrected chi connectivity index (χ4v) is 2.43. The number of nitrogens with zero attached hydrogens (tertiary/aromatic N) is 3. The van der Waals surface area contributed by atoms with Gasteiger partial charge in [0.05, 0.1) is 7.11 Å². The normalized spacial score (nSPS) is 11.2. The van der Waals surface area contributed by atoms with E-state index in [1.54, 1.807) is 19.1 Å². The smallest absolute Gasteiger partial charge is 0.281 e. The topological polar surface area (TPSA) is 120 Å². The standard InChI is InChI=1S/C12H15N5O3S/c1-8-5-10(20-2)16-12(15-8)17-21(18,19)11-4-3-9(6-13)7-14-11/h3-5,7H,6,13H2,1-2H3,(H,15,16,17). The minimum absolute atomic E-state index is 0.0726. The average molecular weight is 309 g/mol. The lowest BCUT2D eigenvalue weighted by Gasteiger charge is -2.08. The highest BCUT2D eigenvalue weighted by Crippen LogP contribution is 2.15. The van der Waals surface area contributed by atoms with Gasteiger partial charge < -0.3 is 10.5 Å². The number of nitrogens with two attached hydrogens (primary N) is 1. The number of sulfonamides is 1. The maximum atomic E-state index is 12.2. The number of nitrogens with one attached hydrogen (secondary N) is 1. The van der Waals surface area contributed by atoms with E-state index >= 15 is 0 Å². The number of anilines is 1. The Kier molecular flexibility index (Phi) is 4.34. The van der Waals surface area contributed by atoms with E-state index in [2.05, 4.69) is 19.7 Å². The molecule has 0 spiro atoms. The highest BCUT2D eigenvalue weighted by atomic mass is 32.2. The second-order valence-electron chi connectivity index (χ2n) is 4.19. The molecule has 0 atom stereocenters. The Balaban J connectivity index is 2.30. The maximum Gasteiger partial charge on any atom is 0.281 e. The van der Waals surface area contributed by atoms with E-state index in [4.69, 9.17) is 10.5 Å². The van der Waals surface area contributed by atoms with Crippen LogP contribution in [0.15, 0.2) is 29.4 Å². The van der Waals surface area contributed by atoms with Crippen LogP contribution in [0.1, 0.15) is 11.3 Å². The van der Waals surface area contributed by atoms with E-state index in [1.165, 1.54) is 19.4 Å². The summed E-state index contributed by atoms with van der Waals surface area (Å²) in [5.41, 5.74) is 6.76. The van der Waals surface area contributed by atoms with E-state index in [9.17, 15) is 8.42 Å². The summed E-state index contributed by atoms with van der Waals surface area (Å²) in [5.74, 6) is 0.197. The zero-order valence-electron chi connectivity index (χ0n) is 11.6. The summed E-state index contributed by atoms with van der Waals surface area (Å²) in [7, 11) is -2.42. The Morgan fingerprint density at radius 1 is 1.33 bits per heavy atom. The molecule has 0 saturated carbocycles. The van der Waals surface area contributed by atoms with Crippen molar-refractivity contribution in [3.63, 3.8) is 0 Å². The Labute approximate surface area is 122 Å². The molecule has 2 rings (SSSR count). The lowest BCUT2D eigenvalue weighted by molar-refractivity contribution is 0.397. The Morgan fingerprint density at radius 2 is 2.10 bits per heavy atom. The number of hydrogen-bond acceptors (Lipinski definition) is 7. The van der Waals surface area contributed by atoms with Crippen molar-refractivity contribution >= 4 is 16.0 Å². The molecule has 0 unspecified atom stereocenters. The van der Waals surface area contributed by atoms with Crippen LogP contribution in [0.5, 0.6) is 5.88 Å². The van der Waals surface area contributed by atoms with Gasteiger partial charge in [-0.1, -0.05) is 6.07 Å². The van der Waals surface area contributed by atoms with Gasteiger partial charge in [-0.3, -0.25) is 0 Å². The molecule has 3 N–H and O–H groups in total. The Bertz CT molecular complexity index is 731. The summed E-state index contributed by atoms with van der Waals surface area (Å²) in [6, 6.07) is 4.56. The van der Waals surface area contributed by atoms with Gasteiger partial charge in [0.1, 0.15) is 0 Å². The van der Waals surface area contributed by atoms with E-state index in [0.29, 0.717) is 12.2 Å². The predicted octanol–water partition coefficient (Wildman–Crippen LogP) is 0.448. The number of methoxy groups -OCH3 is 1. The van der Waals surface area contributed by atoms with Crippen LogP contribution in [0.3, 0.4) is 0 Å². The Morgan fingerprint density at radius 3 is 2.67 bits per heavy atom. The summed E-state index contributed by atoms with van der Waals surface area (Å²) < 4.78 is 31.6. The van der Waals surface area contributed by atoms with Gasteiger partial charge in [0.2, 0.25) is 11.8 Å². The first-order valence-corrected chi connectivity index (χ1v) is 7.50. The average Bonchev–Trinajstić information content (AvgIpc) is 2.46. The number of pyridine rings is 1. The monoisotopic (exact) mass is 309 g/mol. The first-order chi connectivity index (χ1) is 9.94. The maximum absolute atomic E-state index is 12.2. The van der Waals surface area contributed by atoms with Gasteiger partial charge >= 0.3 is 0 Å². The SMILES string of the molecule is COc1cc(C)nc(NS(=O)(=O)c2ccc(CN)cn2)n1. The molecule has 0 aromatic carbocycles.